The van der Waals surface area contributed by atoms with Gasteiger partial charge < -0.3 is 19.1 Å². The number of aryl methyl sites for hydroxylation is 1. The molecule has 2 saturated heterocycles. The molecule has 0 unspecified atom stereocenters. The van der Waals surface area contributed by atoms with E-state index in [0.717, 1.165) is 38.3 Å². The molecule has 3 rings (SSSR count). The summed E-state index contributed by atoms with van der Waals surface area (Å²) in [6.07, 6.45) is 5.84. The number of aromatic nitrogens is 2. The zero-order valence-electron chi connectivity index (χ0n) is 16.5. The molecule has 27 heavy (non-hydrogen) atoms. The summed E-state index contributed by atoms with van der Waals surface area (Å²) < 4.78 is 7.24. The molecule has 1 aromatic rings. The number of amides is 2. The number of carbonyl (C=O) groups is 2. The fraction of sp³-hybridized carbons (Fsp3) is 0.737. The minimum atomic E-state index is -0.278. The summed E-state index contributed by atoms with van der Waals surface area (Å²) in [7, 11) is 0. The predicted octanol–water partition coefficient (Wildman–Crippen LogP) is 1.20. The minimum absolute atomic E-state index is 0.169. The van der Waals surface area contributed by atoms with Gasteiger partial charge in [-0.3, -0.25) is 9.69 Å². The van der Waals surface area contributed by atoms with Gasteiger partial charge in [-0.15, -0.1) is 0 Å². The van der Waals surface area contributed by atoms with Crippen LogP contribution < -0.4 is 0 Å². The Bertz CT molecular complexity index is 631. The van der Waals surface area contributed by atoms with Crippen molar-refractivity contribution in [3.05, 3.63) is 18.2 Å². The largest absolute Gasteiger partial charge is 0.450 e. The molecule has 0 aliphatic carbocycles. The zero-order valence-corrected chi connectivity index (χ0v) is 16.5. The van der Waals surface area contributed by atoms with Crippen molar-refractivity contribution in [2.75, 3.05) is 52.4 Å². The molecule has 0 radical (unpaired) electrons. The van der Waals surface area contributed by atoms with Gasteiger partial charge in [-0.05, 0) is 45.7 Å². The van der Waals surface area contributed by atoms with Crippen LogP contribution in [0, 0.1) is 12.8 Å². The van der Waals surface area contributed by atoms with Gasteiger partial charge in [0.05, 0.1) is 13.2 Å². The molecule has 150 valence electrons. The molecule has 0 bridgehead atoms. The molecule has 0 saturated carbocycles. The van der Waals surface area contributed by atoms with Gasteiger partial charge in [-0.2, -0.15) is 0 Å². The first-order valence-electron chi connectivity index (χ1n) is 9.96. The number of rotatable bonds is 5. The van der Waals surface area contributed by atoms with Crippen molar-refractivity contribution < 1.29 is 14.3 Å². The van der Waals surface area contributed by atoms with Gasteiger partial charge in [0, 0.05) is 45.1 Å². The van der Waals surface area contributed by atoms with E-state index >= 15 is 0 Å². The third-order valence-corrected chi connectivity index (χ3v) is 5.60. The Morgan fingerprint density at radius 1 is 1.11 bits per heavy atom. The molecule has 2 aliphatic rings. The highest BCUT2D eigenvalue weighted by molar-refractivity contribution is 5.78. The number of nitrogens with zero attached hydrogens (tertiary/aromatic N) is 5. The smallest absolute Gasteiger partial charge is 0.409 e. The summed E-state index contributed by atoms with van der Waals surface area (Å²) in [6, 6.07) is 0. The summed E-state index contributed by atoms with van der Waals surface area (Å²) in [5, 5.41) is 0. The Hall–Kier alpha value is -2.09. The average Bonchev–Trinajstić information content (AvgIpc) is 3.08. The highest BCUT2D eigenvalue weighted by Gasteiger charge is 2.27. The maximum Gasteiger partial charge on any atom is 0.409 e. The Balaban J connectivity index is 1.37. The lowest BCUT2D eigenvalue weighted by molar-refractivity contribution is -0.134. The van der Waals surface area contributed by atoms with Gasteiger partial charge in [-0.1, -0.05) is 0 Å². The molecule has 0 aromatic carbocycles. The van der Waals surface area contributed by atoms with Crippen LogP contribution in [-0.4, -0.2) is 88.7 Å². The van der Waals surface area contributed by atoms with Crippen molar-refractivity contribution in [1.82, 2.24) is 24.3 Å². The lowest BCUT2D eigenvalue weighted by atomic mass is 9.96. The zero-order chi connectivity index (χ0) is 19.2. The van der Waals surface area contributed by atoms with Crippen LogP contribution in [0.1, 0.15) is 25.6 Å². The third-order valence-electron chi connectivity index (χ3n) is 5.60. The van der Waals surface area contributed by atoms with Crippen LogP contribution in [0.3, 0.4) is 0 Å². The molecule has 8 heteroatoms. The second kappa shape index (κ2) is 9.21. The summed E-state index contributed by atoms with van der Waals surface area (Å²) in [5.74, 6) is 1.88. The normalized spacial score (nSPS) is 19.3. The Morgan fingerprint density at radius 3 is 2.37 bits per heavy atom. The van der Waals surface area contributed by atoms with E-state index in [1.54, 1.807) is 11.8 Å². The summed E-state index contributed by atoms with van der Waals surface area (Å²) in [5.41, 5.74) is 0. The first-order chi connectivity index (χ1) is 13.1. The van der Waals surface area contributed by atoms with E-state index in [1.807, 2.05) is 24.2 Å². The highest BCUT2D eigenvalue weighted by atomic mass is 16.6. The molecule has 0 atom stereocenters. The van der Waals surface area contributed by atoms with E-state index in [9.17, 15) is 9.59 Å². The highest BCUT2D eigenvalue weighted by Crippen LogP contribution is 2.20. The number of carbonyl (C=O) groups excluding carboxylic acids is 2. The van der Waals surface area contributed by atoms with E-state index < -0.39 is 0 Å². The Kier molecular flexibility index (Phi) is 6.71. The molecule has 3 heterocycles. The SMILES string of the molecule is CCOC(=O)N1CCN(C(=O)CN2CCC(Cn3ccnc3C)CC2)CC1. The first kappa shape index (κ1) is 19.7. The topological polar surface area (TPSA) is 70.9 Å². The van der Waals surface area contributed by atoms with Gasteiger partial charge in [0.15, 0.2) is 0 Å². The molecule has 1 aromatic heterocycles. The van der Waals surface area contributed by atoms with Crippen LogP contribution in [0.2, 0.25) is 0 Å². The lowest BCUT2D eigenvalue weighted by Crippen LogP contribution is -2.53. The van der Waals surface area contributed by atoms with Crippen molar-refractivity contribution in [3.63, 3.8) is 0 Å². The summed E-state index contributed by atoms with van der Waals surface area (Å²) >= 11 is 0. The van der Waals surface area contributed by atoms with Crippen LogP contribution >= 0.6 is 0 Å². The maximum atomic E-state index is 12.6. The first-order valence-corrected chi connectivity index (χ1v) is 9.96. The number of piperazine rings is 1. The molecule has 2 fully saturated rings. The number of likely N-dealkylation sites (tertiary alicyclic amines) is 1. The van der Waals surface area contributed by atoms with Crippen molar-refractivity contribution >= 4 is 12.0 Å². The standard InChI is InChI=1S/C19H31N5O3/c1-3-27-19(26)23-12-10-22(11-13-23)18(25)15-21-7-4-17(5-8-21)14-24-9-6-20-16(24)2/h6,9,17H,3-5,7-8,10-15H2,1-2H3. The van der Waals surface area contributed by atoms with Crippen molar-refractivity contribution in [2.24, 2.45) is 5.92 Å². The third kappa shape index (κ3) is 5.22. The molecular formula is C19H31N5O3. The van der Waals surface area contributed by atoms with Crippen molar-refractivity contribution in [1.29, 1.82) is 0 Å². The number of hydrogen-bond acceptors (Lipinski definition) is 5. The summed E-state index contributed by atoms with van der Waals surface area (Å²) in [4.78, 5) is 34.4. The molecular weight excluding hydrogens is 346 g/mol. The van der Waals surface area contributed by atoms with Crippen molar-refractivity contribution in [3.8, 4) is 0 Å². The van der Waals surface area contributed by atoms with Gasteiger partial charge in [-0.25, -0.2) is 9.78 Å². The van der Waals surface area contributed by atoms with Crippen LogP contribution in [0.5, 0.6) is 0 Å². The summed E-state index contributed by atoms with van der Waals surface area (Å²) in [6.45, 7) is 9.94. The quantitative estimate of drug-likeness (QED) is 0.771. The van der Waals surface area contributed by atoms with Crippen LogP contribution in [0.4, 0.5) is 4.79 Å². The van der Waals surface area contributed by atoms with Crippen molar-refractivity contribution in [2.45, 2.75) is 33.2 Å². The van der Waals surface area contributed by atoms with E-state index in [4.69, 9.17) is 4.74 Å². The number of imidazole rings is 1. The number of ether oxygens (including phenoxy) is 1. The van der Waals surface area contributed by atoms with Crippen LogP contribution in [0.25, 0.3) is 0 Å². The molecule has 0 N–H and O–H groups in total. The maximum absolute atomic E-state index is 12.6. The fourth-order valence-corrected chi connectivity index (χ4v) is 3.85. The minimum Gasteiger partial charge on any atom is -0.450 e. The van der Waals surface area contributed by atoms with E-state index in [2.05, 4.69) is 14.5 Å². The second-order valence-corrected chi connectivity index (χ2v) is 7.41. The van der Waals surface area contributed by atoms with Gasteiger partial charge >= 0.3 is 6.09 Å². The van der Waals surface area contributed by atoms with Gasteiger partial charge in [0.25, 0.3) is 0 Å². The average molecular weight is 377 g/mol. The Labute approximate surface area is 161 Å². The molecule has 2 aliphatic heterocycles. The monoisotopic (exact) mass is 377 g/mol. The Morgan fingerprint density at radius 2 is 1.78 bits per heavy atom. The van der Waals surface area contributed by atoms with E-state index in [1.165, 1.54) is 0 Å². The van der Waals surface area contributed by atoms with Crippen LogP contribution in [0.15, 0.2) is 12.4 Å². The molecule has 0 spiro atoms. The molecule has 2 amide bonds. The lowest BCUT2D eigenvalue weighted by Gasteiger charge is -2.36. The molecule has 8 nitrogen and oxygen atoms in total. The fourth-order valence-electron chi connectivity index (χ4n) is 3.85. The second-order valence-electron chi connectivity index (χ2n) is 7.41. The van der Waals surface area contributed by atoms with E-state index in [0.29, 0.717) is 45.2 Å². The van der Waals surface area contributed by atoms with E-state index in [-0.39, 0.29) is 12.0 Å². The van der Waals surface area contributed by atoms with Gasteiger partial charge in [0.1, 0.15) is 5.82 Å². The number of piperidine rings is 1. The van der Waals surface area contributed by atoms with Gasteiger partial charge in [0.2, 0.25) is 5.91 Å². The number of hydrogen-bond donors (Lipinski definition) is 0. The van der Waals surface area contributed by atoms with Crippen LogP contribution in [-0.2, 0) is 16.1 Å². The predicted molar refractivity (Wildman–Crippen MR) is 101 cm³/mol.